The molecule has 0 aromatic heterocycles. The molecule has 3 nitrogen and oxygen atoms in total. The van der Waals surface area contributed by atoms with Crippen molar-refractivity contribution in [3.05, 3.63) is 0 Å². The first kappa shape index (κ1) is 13.3. The summed E-state index contributed by atoms with van der Waals surface area (Å²) in [6.07, 6.45) is 8.36. The Morgan fingerprint density at radius 2 is 2.06 bits per heavy atom. The van der Waals surface area contributed by atoms with Crippen LogP contribution >= 0.6 is 0 Å². The third-order valence-electron chi connectivity index (χ3n) is 4.06. The molecule has 2 saturated carbocycles. The van der Waals surface area contributed by atoms with E-state index in [9.17, 15) is 5.11 Å². The molecule has 0 aromatic rings. The van der Waals surface area contributed by atoms with Crippen LogP contribution in [-0.2, 0) is 4.74 Å². The molecule has 0 radical (unpaired) electrons. The first-order valence-corrected chi connectivity index (χ1v) is 7.24. The molecule has 2 N–H and O–H groups in total. The van der Waals surface area contributed by atoms with Crippen LogP contribution in [0.4, 0.5) is 0 Å². The minimum atomic E-state index is -0.0515. The molecule has 2 fully saturated rings. The van der Waals surface area contributed by atoms with Crippen LogP contribution in [0.5, 0.6) is 0 Å². The number of ether oxygens (including phenoxy) is 1. The maximum Gasteiger partial charge on any atom is 0.0613 e. The minimum Gasteiger partial charge on any atom is -0.394 e. The quantitative estimate of drug-likeness (QED) is 0.575. The first-order valence-electron chi connectivity index (χ1n) is 7.24. The van der Waals surface area contributed by atoms with Crippen molar-refractivity contribution in [1.29, 1.82) is 0 Å². The van der Waals surface area contributed by atoms with E-state index in [1.54, 1.807) is 0 Å². The molecule has 17 heavy (non-hydrogen) atoms. The van der Waals surface area contributed by atoms with Crippen LogP contribution in [0.25, 0.3) is 0 Å². The molecule has 0 aliphatic heterocycles. The summed E-state index contributed by atoms with van der Waals surface area (Å²) in [5, 5.41) is 13.2. The zero-order valence-electron chi connectivity index (χ0n) is 11.1. The van der Waals surface area contributed by atoms with E-state index in [0.717, 1.165) is 38.4 Å². The second-order valence-corrected chi connectivity index (χ2v) is 5.83. The Hall–Kier alpha value is -0.120. The number of hydrogen-bond acceptors (Lipinski definition) is 3. The number of hydrogen-bond donors (Lipinski definition) is 2. The molecular weight excluding hydrogens is 214 g/mol. The average Bonchev–Trinajstić information content (AvgIpc) is 3.22. The van der Waals surface area contributed by atoms with Crippen molar-refractivity contribution in [1.82, 2.24) is 5.32 Å². The number of nitrogens with one attached hydrogen (secondary N) is 1. The van der Waals surface area contributed by atoms with Crippen molar-refractivity contribution >= 4 is 0 Å². The van der Waals surface area contributed by atoms with Crippen molar-refractivity contribution < 1.29 is 9.84 Å². The summed E-state index contributed by atoms with van der Waals surface area (Å²) >= 11 is 0. The monoisotopic (exact) mass is 241 g/mol. The fourth-order valence-corrected chi connectivity index (χ4v) is 2.30. The highest BCUT2D eigenvalue weighted by molar-refractivity contribution is 4.94. The lowest BCUT2D eigenvalue weighted by molar-refractivity contribution is 0.0964. The van der Waals surface area contributed by atoms with E-state index in [2.05, 4.69) is 12.2 Å². The lowest BCUT2D eigenvalue weighted by Gasteiger charge is -2.32. The molecule has 3 heteroatoms. The van der Waals surface area contributed by atoms with Crippen molar-refractivity contribution in [2.75, 3.05) is 19.8 Å². The van der Waals surface area contributed by atoms with Crippen LogP contribution in [0, 0.1) is 5.92 Å². The molecule has 2 rings (SSSR count). The lowest BCUT2D eigenvalue weighted by atomic mass is 9.91. The van der Waals surface area contributed by atoms with E-state index < -0.39 is 0 Å². The maximum absolute atomic E-state index is 9.60. The van der Waals surface area contributed by atoms with Crippen LogP contribution < -0.4 is 5.32 Å². The molecule has 0 aromatic carbocycles. The fourth-order valence-electron chi connectivity index (χ4n) is 2.30. The summed E-state index contributed by atoms with van der Waals surface area (Å²) in [6, 6.07) is 0.662. The standard InChI is InChI=1S/C14H27NO2/c1-2-14(11-16,15-13-6-7-13)8-3-9-17-10-12-4-5-12/h12-13,15-16H,2-11H2,1H3. The SMILES string of the molecule is CCC(CO)(CCCOCC1CC1)NC1CC1. The van der Waals surface area contributed by atoms with Crippen molar-refractivity contribution in [2.24, 2.45) is 5.92 Å². The highest BCUT2D eigenvalue weighted by atomic mass is 16.5. The Kier molecular flexibility index (Phi) is 4.83. The third-order valence-corrected chi connectivity index (χ3v) is 4.06. The van der Waals surface area contributed by atoms with E-state index in [4.69, 9.17) is 4.74 Å². The highest BCUT2D eigenvalue weighted by Crippen LogP contribution is 2.29. The van der Waals surface area contributed by atoms with Gasteiger partial charge in [-0.25, -0.2) is 0 Å². The van der Waals surface area contributed by atoms with Gasteiger partial charge in [0.1, 0.15) is 0 Å². The molecule has 1 atom stereocenters. The van der Waals surface area contributed by atoms with Gasteiger partial charge in [0.2, 0.25) is 0 Å². The van der Waals surface area contributed by atoms with Gasteiger partial charge in [-0.15, -0.1) is 0 Å². The Morgan fingerprint density at radius 1 is 1.29 bits per heavy atom. The van der Waals surface area contributed by atoms with Gasteiger partial charge in [-0.2, -0.15) is 0 Å². The van der Waals surface area contributed by atoms with Crippen LogP contribution in [0.1, 0.15) is 51.9 Å². The van der Waals surface area contributed by atoms with Gasteiger partial charge < -0.3 is 15.2 Å². The largest absolute Gasteiger partial charge is 0.394 e. The smallest absolute Gasteiger partial charge is 0.0613 e. The average molecular weight is 241 g/mol. The summed E-state index contributed by atoms with van der Waals surface area (Å²) in [4.78, 5) is 0. The van der Waals surface area contributed by atoms with Gasteiger partial charge in [0, 0.05) is 24.8 Å². The third kappa shape index (κ3) is 4.57. The molecule has 0 bridgehead atoms. The number of rotatable bonds is 10. The molecule has 2 aliphatic carbocycles. The Bertz CT molecular complexity index is 220. The van der Waals surface area contributed by atoms with Gasteiger partial charge in [0.05, 0.1) is 6.61 Å². The van der Waals surface area contributed by atoms with Crippen LogP contribution in [0.15, 0.2) is 0 Å². The summed E-state index contributed by atoms with van der Waals surface area (Å²) < 4.78 is 5.65. The zero-order chi connectivity index (χ0) is 12.1. The van der Waals surface area contributed by atoms with Crippen molar-refractivity contribution in [3.8, 4) is 0 Å². The van der Waals surface area contributed by atoms with E-state index in [1.165, 1.54) is 25.7 Å². The first-order chi connectivity index (χ1) is 8.28. The molecule has 2 aliphatic rings. The van der Waals surface area contributed by atoms with Gasteiger partial charge in [-0.05, 0) is 50.9 Å². The maximum atomic E-state index is 9.60. The minimum absolute atomic E-state index is 0.0515. The normalized spacial score (nSPS) is 23.6. The Balaban J connectivity index is 1.60. The molecule has 1 unspecified atom stereocenters. The van der Waals surface area contributed by atoms with Gasteiger partial charge in [0.25, 0.3) is 0 Å². The van der Waals surface area contributed by atoms with Crippen LogP contribution in [0.2, 0.25) is 0 Å². The topological polar surface area (TPSA) is 41.5 Å². The second kappa shape index (κ2) is 6.17. The summed E-state index contributed by atoms with van der Waals surface area (Å²) in [7, 11) is 0. The molecule has 0 saturated heterocycles. The molecule has 100 valence electrons. The fraction of sp³-hybridized carbons (Fsp3) is 1.00. The molecule has 0 amide bonds. The van der Waals surface area contributed by atoms with Crippen molar-refractivity contribution in [3.63, 3.8) is 0 Å². The number of aliphatic hydroxyl groups excluding tert-OH is 1. The molecular formula is C14H27NO2. The van der Waals surface area contributed by atoms with E-state index >= 15 is 0 Å². The summed E-state index contributed by atoms with van der Waals surface area (Å²) in [5.41, 5.74) is -0.0515. The molecule has 0 heterocycles. The van der Waals surface area contributed by atoms with Gasteiger partial charge in [0.15, 0.2) is 0 Å². The predicted octanol–water partition coefficient (Wildman–Crippen LogP) is 2.09. The summed E-state index contributed by atoms with van der Waals surface area (Å²) in [5.74, 6) is 0.855. The van der Waals surface area contributed by atoms with Crippen LogP contribution in [0.3, 0.4) is 0 Å². The lowest BCUT2D eigenvalue weighted by Crippen LogP contribution is -2.49. The second-order valence-electron chi connectivity index (χ2n) is 5.83. The summed E-state index contributed by atoms with van der Waals surface area (Å²) in [6.45, 7) is 4.22. The van der Waals surface area contributed by atoms with E-state index in [1.807, 2.05) is 0 Å². The Labute approximate surface area is 105 Å². The highest BCUT2D eigenvalue weighted by Gasteiger charge is 2.33. The number of aliphatic hydroxyl groups is 1. The van der Waals surface area contributed by atoms with Gasteiger partial charge >= 0.3 is 0 Å². The van der Waals surface area contributed by atoms with Crippen LogP contribution in [-0.4, -0.2) is 36.5 Å². The zero-order valence-corrected chi connectivity index (χ0v) is 11.1. The van der Waals surface area contributed by atoms with Gasteiger partial charge in [-0.1, -0.05) is 6.92 Å². The Morgan fingerprint density at radius 3 is 2.59 bits per heavy atom. The van der Waals surface area contributed by atoms with Crippen molar-refractivity contribution in [2.45, 2.75) is 63.5 Å². The molecule has 0 spiro atoms. The predicted molar refractivity (Wildman–Crippen MR) is 69.0 cm³/mol. The van der Waals surface area contributed by atoms with E-state index in [-0.39, 0.29) is 12.1 Å². The van der Waals surface area contributed by atoms with E-state index in [0.29, 0.717) is 6.04 Å². The van der Waals surface area contributed by atoms with Gasteiger partial charge in [-0.3, -0.25) is 0 Å².